The summed E-state index contributed by atoms with van der Waals surface area (Å²) in [6.45, 7) is 12.8. The lowest BCUT2D eigenvalue weighted by Crippen LogP contribution is -2.20. The number of nitrogens with zero attached hydrogens (tertiary/aromatic N) is 1. The van der Waals surface area contributed by atoms with Gasteiger partial charge in [-0.25, -0.2) is 9.59 Å². The molecule has 0 aliphatic rings. The van der Waals surface area contributed by atoms with Crippen LogP contribution in [0.5, 0.6) is 11.5 Å². The van der Waals surface area contributed by atoms with Crippen molar-refractivity contribution < 1.29 is 28.6 Å². The molecular formula is C26H29NO6. The van der Waals surface area contributed by atoms with E-state index < -0.39 is 23.9 Å². The van der Waals surface area contributed by atoms with Crippen LogP contribution < -0.4 is 9.47 Å². The van der Waals surface area contributed by atoms with E-state index in [1.165, 1.54) is 6.21 Å². The molecular weight excluding hydrogens is 422 g/mol. The van der Waals surface area contributed by atoms with Crippen molar-refractivity contribution in [3.63, 3.8) is 0 Å². The van der Waals surface area contributed by atoms with Gasteiger partial charge in [0.2, 0.25) is 0 Å². The molecule has 0 fully saturated rings. The average molecular weight is 452 g/mol. The second-order valence-electron chi connectivity index (χ2n) is 8.03. The zero-order chi connectivity index (χ0) is 24.6. The fourth-order valence-corrected chi connectivity index (χ4v) is 2.84. The van der Waals surface area contributed by atoms with Crippen LogP contribution in [0.2, 0.25) is 0 Å². The Morgan fingerprint density at radius 3 is 1.91 bits per heavy atom. The molecule has 0 heterocycles. The van der Waals surface area contributed by atoms with Gasteiger partial charge < -0.3 is 14.2 Å². The Morgan fingerprint density at radius 2 is 1.45 bits per heavy atom. The summed E-state index contributed by atoms with van der Waals surface area (Å²) >= 11 is 0. The van der Waals surface area contributed by atoms with Crippen molar-refractivity contribution in [1.29, 1.82) is 0 Å². The molecule has 2 aromatic carbocycles. The normalized spacial score (nSPS) is 12.2. The van der Waals surface area contributed by atoms with E-state index >= 15 is 0 Å². The summed E-state index contributed by atoms with van der Waals surface area (Å²) in [5.41, 5.74) is 2.01. The quantitative estimate of drug-likeness (QED) is 0.235. The molecule has 1 amide bonds. The Labute approximate surface area is 194 Å². The molecule has 0 saturated heterocycles. The van der Waals surface area contributed by atoms with Gasteiger partial charge in [-0.05, 0) is 56.2 Å². The first-order chi connectivity index (χ1) is 15.5. The Bertz CT molecular complexity index is 1040. The predicted molar refractivity (Wildman–Crippen MR) is 126 cm³/mol. The van der Waals surface area contributed by atoms with Gasteiger partial charge in [0.1, 0.15) is 11.5 Å². The number of rotatable bonds is 8. The summed E-state index contributed by atoms with van der Waals surface area (Å²) in [4.78, 5) is 38.7. The van der Waals surface area contributed by atoms with E-state index in [2.05, 4.69) is 25.4 Å². The third-order valence-corrected chi connectivity index (χ3v) is 4.97. The minimum Gasteiger partial charge on any atom is -0.448 e. The van der Waals surface area contributed by atoms with Crippen LogP contribution in [-0.2, 0) is 19.7 Å². The van der Waals surface area contributed by atoms with Crippen LogP contribution in [0, 0.1) is 5.92 Å². The van der Waals surface area contributed by atoms with Crippen LogP contribution in [0.25, 0.3) is 0 Å². The van der Waals surface area contributed by atoms with Crippen molar-refractivity contribution in [2.45, 2.75) is 40.0 Å². The molecule has 0 bridgehead atoms. The number of aliphatic imine (C=N–C) groups is 1. The molecule has 0 aliphatic heterocycles. The molecule has 0 saturated carbocycles. The molecule has 7 heteroatoms. The van der Waals surface area contributed by atoms with E-state index in [1.54, 1.807) is 45.0 Å². The number of hydrogen-bond donors (Lipinski definition) is 0. The fourth-order valence-electron chi connectivity index (χ4n) is 2.84. The standard InChI is InChI=1S/C26H29NO6/c1-7-31-25(30)27-16-18(4)24(29)33-22-14-10-20(11-15-22)26(5,6)19-8-12-21(13-9-19)32-23(28)17(2)3/h8-16,18H,2,7H2,1,3-6H3. The first-order valence-corrected chi connectivity index (χ1v) is 10.6. The van der Waals surface area contributed by atoms with E-state index in [-0.39, 0.29) is 12.0 Å². The Kier molecular flexibility index (Phi) is 8.68. The Hall–Kier alpha value is -3.74. The second kappa shape index (κ2) is 11.2. The van der Waals surface area contributed by atoms with E-state index in [4.69, 9.17) is 14.2 Å². The molecule has 0 radical (unpaired) electrons. The first kappa shape index (κ1) is 25.5. The third kappa shape index (κ3) is 7.14. The summed E-state index contributed by atoms with van der Waals surface area (Å²) in [5, 5.41) is 0. The molecule has 0 aliphatic carbocycles. The highest BCUT2D eigenvalue weighted by atomic mass is 16.5. The first-order valence-electron chi connectivity index (χ1n) is 10.6. The number of ether oxygens (including phenoxy) is 3. The zero-order valence-electron chi connectivity index (χ0n) is 19.6. The highest BCUT2D eigenvalue weighted by Crippen LogP contribution is 2.33. The van der Waals surface area contributed by atoms with Crippen molar-refractivity contribution in [2.24, 2.45) is 10.9 Å². The lowest BCUT2D eigenvalue weighted by Gasteiger charge is -2.26. The summed E-state index contributed by atoms with van der Waals surface area (Å²) in [5.74, 6) is -0.866. The summed E-state index contributed by atoms with van der Waals surface area (Å²) < 4.78 is 15.3. The molecule has 0 N–H and O–H groups in total. The van der Waals surface area contributed by atoms with Crippen LogP contribution >= 0.6 is 0 Å². The highest BCUT2D eigenvalue weighted by Gasteiger charge is 2.24. The number of carbonyl (C=O) groups is 3. The van der Waals surface area contributed by atoms with Gasteiger partial charge in [-0.1, -0.05) is 44.7 Å². The molecule has 1 unspecified atom stereocenters. The minimum atomic E-state index is -0.745. The van der Waals surface area contributed by atoms with Crippen molar-refractivity contribution in [3.8, 4) is 11.5 Å². The monoisotopic (exact) mass is 451 g/mol. The van der Waals surface area contributed by atoms with Crippen LogP contribution in [0.15, 0.2) is 65.7 Å². The van der Waals surface area contributed by atoms with E-state index in [0.29, 0.717) is 17.1 Å². The summed E-state index contributed by atoms with van der Waals surface area (Å²) in [6.07, 6.45) is 0.459. The number of esters is 2. The predicted octanol–water partition coefficient (Wildman–Crippen LogP) is 5.26. The Morgan fingerprint density at radius 1 is 0.970 bits per heavy atom. The van der Waals surface area contributed by atoms with Crippen LogP contribution in [0.4, 0.5) is 4.79 Å². The smallest absolute Gasteiger partial charge is 0.433 e. The lowest BCUT2D eigenvalue weighted by molar-refractivity contribution is -0.136. The number of benzene rings is 2. The van der Waals surface area contributed by atoms with Crippen molar-refractivity contribution in [2.75, 3.05) is 6.61 Å². The number of amides is 1. The second-order valence-corrected chi connectivity index (χ2v) is 8.03. The molecule has 1 atom stereocenters. The van der Waals surface area contributed by atoms with E-state index in [1.807, 2.05) is 24.3 Å². The molecule has 2 aromatic rings. The van der Waals surface area contributed by atoms with Gasteiger partial charge in [0.05, 0.1) is 12.5 Å². The van der Waals surface area contributed by atoms with Gasteiger partial charge in [0.15, 0.2) is 0 Å². The average Bonchev–Trinajstić information content (AvgIpc) is 2.78. The van der Waals surface area contributed by atoms with Gasteiger partial charge >= 0.3 is 18.0 Å². The lowest BCUT2D eigenvalue weighted by atomic mass is 9.78. The maximum Gasteiger partial charge on any atom is 0.433 e. The van der Waals surface area contributed by atoms with Crippen molar-refractivity contribution in [1.82, 2.24) is 0 Å². The van der Waals surface area contributed by atoms with Crippen LogP contribution in [-0.4, -0.2) is 30.9 Å². The molecule has 174 valence electrons. The molecule has 7 nitrogen and oxygen atoms in total. The zero-order valence-corrected chi connectivity index (χ0v) is 19.6. The largest absolute Gasteiger partial charge is 0.448 e. The summed E-state index contributed by atoms with van der Waals surface area (Å²) in [6, 6.07) is 14.5. The van der Waals surface area contributed by atoms with Gasteiger partial charge in [0.25, 0.3) is 0 Å². The Balaban J connectivity index is 2.05. The van der Waals surface area contributed by atoms with Gasteiger partial charge in [0, 0.05) is 17.2 Å². The molecule has 33 heavy (non-hydrogen) atoms. The van der Waals surface area contributed by atoms with Crippen molar-refractivity contribution in [3.05, 3.63) is 71.8 Å². The van der Waals surface area contributed by atoms with Crippen molar-refractivity contribution >= 4 is 24.2 Å². The topological polar surface area (TPSA) is 91.3 Å². The molecule has 2 rings (SSSR count). The maximum atomic E-state index is 12.2. The van der Waals surface area contributed by atoms with Gasteiger partial charge in [-0.15, -0.1) is 0 Å². The third-order valence-electron chi connectivity index (χ3n) is 4.97. The SMILES string of the molecule is C=C(C)C(=O)Oc1ccc(C(C)(C)c2ccc(OC(=O)C(C)C=NC(=O)OCC)cc2)cc1. The van der Waals surface area contributed by atoms with E-state index in [9.17, 15) is 14.4 Å². The highest BCUT2D eigenvalue weighted by molar-refractivity contribution is 5.94. The van der Waals surface area contributed by atoms with Crippen LogP contribution in [0.1, 0.15) is 45.7 Å². The fraction of sp³-hybridized carbons (Fsp3) is 0.308. The maximum absolute atomic E-state index is 12.2. The van der Waals surface area contributed by atoms with Gasteiger partial charge in [-0.3, -0.25) is 4.79 Å². The van der Waals surface area contributed by atoms with E-state index in [0.717, 1.165) is 11.1 Å². The van der Waals surface area contributed by atoms with Gasteiger partial charge in [-0.2, -0.15) is 4.99 Å². The number of carbonyl (C=O) groups excluding carboxylic acids is 3. The minimum absolute atomic E-state index is 0.213. The number of hydrogen-bond acceptors (Lipinski definition) is 6. The van der Waals surface area contributed by atoms with Crippen LogP contribution in [0.3, 0.4) is 0 Å². The summed E-state index contributed by atoms with van der Waals surface area (Å²) in [7, 11) is 0. The molecule has 0 aromatic heterocycles. The molecule has 0 spiro atoms.